The summed E-state index contributed by atoms with van der Waals surface area (Å²) in [6.45, 7) is 2.38. The van der Waals surface area contributed by atoms with Gasteiger partial charge < -0.3 is 4.74 Å². The molecule has 0 radical (unpaired) electrons. The molecule has 1 aromatic carbocycles. The Labute approximate surface area is 108 Å². The molecule has 0 aliphatic heterocycles. The van der Waals surface area contributed by atoms with Crippen molar-refractivity contribution in [2.45, 2.75) is 38.0 Å². The van der Waals surface area contributed by atoms with Crippen molar-refractivity contribution >= 4 is 5.97 Å². The van der Waals surface area contributed by atoms with Gasteiger partial charge in [-0.15, -0.1) is 0 Å². The fourth-order valence-electron chi connectivity index (χ4n) is 3.96. The predicted molar refractivity (Wildman–Crippen MR) is 70.2 cm³/mol. The lowest BCUT2D eigenvalue weighted by atomic mass is 9.82. The average Bonchev–Trinajstić information content (AvgIpc) is 3.10. The first-order valence-electron chi connectivity index (χ1n) is 7.03. The Balaban J connectivity index is 1.91. The van der Waals surface area contributed by atoms with E-state index in [1.54, 1.807) is 0 Å². The molecule has 2 aliphatic carbocycles. The van der Waals surface area contributed by atoms with Crippen molar-refractivity contribution in [2.75, 3.05) is 6.61 Å². The topological polar surface area (TPSA) is 26.3 Å². The lowest BCUT2D eigenvalue weighted by Crippen LogP contribution is -2.18. The average molecular weight is 244 g/mol. The van der Waals surface area contributed by atoms with Crippen LogP contribution in [0.25, 0.3) is 0 Å². The summed E-state index contributed by atoms with van der Waals surface area (Å²) >= 11 is 0. The lowest BCUT2D eigenvalue weighted by Gasteiger charge is -2.22. The molecule has 0 aromatic heterocycles. The fraction of sp³-hybridized carbons (Fsp3) is 0.562. The third kappa shape index (κ3) is 1.58. The van der Waals surface area contributed by atoms with Crippen LogP contribution in [-0.4, -0.2) is 12.6 Å². The van der Waals surface area contributed by atoms with Gasteiger partial charge in [-0.1, -0.05) is 43.2 Å². The van der Waals surface area contributed by atoms with Gasteiger partial charge in [0.2, 0.25) is 0 Å². The number of esters is 1. The number of hydrogen-bond acceptors (Lipinski definition) is 2. The maximum absolute atomic E-state index is 12.1. The number of ether oxygens (including phenoxy) is 1. The number of rotatable bonds is 3. The maximum atomic E-state index is 12.1. The second-order valence-corrected chi connectivity index (χ2v) is 5.49. The van der Waals surface area contributed by atoms with Crippen LogP contribution in [0.1, 0.15) is 38.2 Å². The van der Waals surface area contributed by atoms with Gasteiger partial charge in [0.25, 0.3) is 0 Å². The second-order valence-electron chi connectivity index (χ2n) is 5.49. The third-order valence-electron chi connectivity index (χ3n) is 4.72. The van der Waals surface area contributed by atoms with Gasteiger partial charge in [-0.25, -0.2) is 0 Å². The Kier molecular flexibility index (Phi) is 2.89. The molecular formula is C16H20O2. The van der Waals surface area contributed by atoms with Gasteiger partial charge >= 0.3 is 5.97 Å². The molecule has 96 valence electrons. The Bertz CT molecular complexity index is 440. The summed E-state index contributed by atoms with van der Waals surface area (Å²) in [6, 6.07) is 10.6. The maximum Gasteiger partial charge on any atom is 0.310 e. The van der Waals surface area contributed by atoms with Gasteiger partial charge in [-0.2, -0.15) is 0 Å². The van der Waals surface area contributed by atoms with Crippen molar-refractivity contribution in [2.24, 2.45) is 11.8 Å². The summed E-state index contributed by atoms with van der Waals surface area (Å²) in [5.41, 5.74) is 1.44. The molecule has 2 aliphatic rings. The van der Waals surface area contributed by atoms with E-state index in [0.717, 1.165) is 6.42 Å². The Morgan fingerprint density at radius 2 is 2.11 bits per heavy atom. The molecule has 2 heteroatoms. The van der Waals surface area contributed by atoms with E-state index in [1.165, 1.54) is 24.8 Å². The van der Waals surface area contributed by atoms with E-state index in [0.29, 0.717) is 12.5 Å². The largest absolute Gasteiger partial charge is 0.466 e. The SMILES string of the molecule is CCOC(=O)[C@@H]1[C@H]2CCCC[C@]21c1ccccc1. The first-order valence-corrected chi connectivity index (χ1v) is 7.03. The van der Waals surface area contributed by atoms with Gasteiger partial charge in [-0.3, -0.25) is 4.79 Å². The van der Waals surface area contributed by atoms with Crippen molar-refractivity contribution in [1.29, 1.82) is 0 Å². The molecule has 0 heterocycles. The van der Waals surface area contributed by atoms with E-state index in [9.17, 15) is 4.79 Å². The van der Waals surface area contributed by atoms with Crippen LogP contribution in [0.5, 0.6) is 0 Å². The van der Waals surface area contributed by atoms with Gasteiger partial charge in [0.05, 0.1) is 12.5 Å². The highest BCUT2D eigenvalue weighted by Gasteiger charge is 2.69. The summed E-state index contributed by atoms with van der Waals surface area (Å²) in [6.07, 6.45) is 4.82. The first kappa shape index (κ1) is 11.8. The van der Waals surface area contributed by atoms with Crippen LogP contribution >= 0.6 is 0 Å². The number of benzene rings is 1. The zero-order valence-electron chi connectivity index (χ0n) is 10.9. The van der Waals surface area contributed by atoms with Crippen LogP contribution in [-0.2, 0) is 14.9 Å². The molecule has 0 saturated heterocycles. The molecule has 1 aromatic rings. The minimum Gasteiger partial charge on any atom is -0.466 e. The molecule has 2 saturated carbocycles. The van der Waals surface area contributed by atoms with E-state index in [2.05, 4.69) is 24.3 Å². The van der Waals surface area contributed by atoms with E-state index < -0.39 is 0 Å². The molecule has 18 heavy (non-hydrogen) atoms. The highest BCUT2D eigenvalue weighted by molar-refractivity contribution is 5.80. The predicted octanol–water partition coefficient (Wildman–Crippen LogP) is 3.31. The van der Waals surface area contributed by atoms with Crippen LogP contribution in [0.4, 0.5) is 0 Å². The standard InChI is InChI=1S/C16H20O2/c1-2-18-15(17)14-13-10-6-7-11-16(13,14)12-8-4-3-5-9-12/h3-5,8-9,13-14H,2,6-7,10-11H2,1H3/t13-,14+,16+/m1/s1. The van der Waals surface area contributed by atoms with Crippen molar-refractivity contribution < 1.29 is 9.53 Å². The summed E-state index contributed by atoms with van der Waals surface area (Å²) in [5.74, 6) is 0.656. The Morgan fingerprint density at radius 1 is 1.33 bits per heavy atom. The van der Waals surface area contributed by atoms with E-state index >= 15 is 0 Å². The van der Waals surface area contributed by atoms with Gasteiger partial charge in [-0.05, 0) is 31.2 Å². The zero-order valence-corrected chi connectivity index (χ0v) is 10.9. The zero-order chi connectivity index (χ0) is 12.6. The lowest BCUT2D eigenvalue weighted by molar-refractivity contribution is -0.145. The van der Waals surface area contributed by atoms with Crippen molar-refractivity contribution in [3.63, 3.8) is 0 Å². The molecule has 0 N–H and O–H groups in total. The van der Waals surface area contributed by atoms with Gasteiger partial charge in [0, 0.05) is 5.41 Å². The Morgan fingerprint density at radius 3 is 2.83 bits per heavy atom. The minimum atomic E-state index is 0.0215. The van der Waals surface area contributed by atoms with Crippen molar-refractivity contribution in [3.8, 4) is 0 Å². The monoisotopic (exact) mass is 244 g/mol. The molecular weight excluding hydrogens is 224 g/mol. The van der Waals surface area contributed by atoms with Gasteiger partial charge in [0.1, 0.15) is 0 Å². The van der Waals surface area contributed by atoms with E-state index in [-0.39, 0.29) is 17.3 Å². The normalized spacial score (nSPS) is 33.6. The molecule has 0 spiro atoms. The molecule has 0 unspecified atom stereocenters. The van der Waals surface area contributed by atoms with Crippen LogP contribution in [0, 0.1) is 11.8 Å². The highest BCUT2D eigenvalue weighted by atomic mass is 16.5. The molecule has 3 atom stereocenters. The van der Waals surface area contributed by atoms with E-state index in [4.69, 9.17) is 4.74 Å². The van der Waals surface area contributed by atoms with Crippen LogP contribution in [0.2, 0.25) is 0 Å². The van der Waals surface area contributed by atoms with Crippen molar-refractivity contribution in [3.05, 3.63) is 35.9 Å². The highest BCUT2D eigenvalue weighted by Crippen LogP contribution is 2.67. The summed E-state index contributed by atoms with van der Waals surface area (Å²) in [4.78, 5) is 12.1. The van der Waals surface area contributed by atoms with E-state index in [1.807, 2.05) is 13.0 Å². The molecule has 2 fully saturated rings. The first-order chi connectivity index (χ1) is 8.80. The second kappa shape index (κ2) is 4.42. The Hall–Kier alpha value is -1.31. The van der Waals surface area contributed by atoms with Gasteiger partial charge in [0.15, 0.2) is 0 Å². The molecule has 2 nitrogen and oxygen atoms in total. The summed E-state index contributed by atoms with van der Waals surface area (Å²) in [5, 5.41) is 0. The van der Waals surface area contributed by atoms with Crippen molar-refractivity contribution in [1.82, 2.24) is 0 Å². The van der Waals surface area contributed by atoms with Crippen LogP contribution < -0.4 is 0 Å². The minimum absolute atomic E-state index is 0.0215. The number of hydrogen-bond donors (Lipinski definition) is 0. The number of fused-ring (bicyclic) bond motifs is 1. The number of carbonyl (C=O) groups is 1. The quantitative estimate of drug-likeness (QED) is 0.762. The molecule has 3 rings (SSSR count). The smallest absolute Gasteiger partial charge is 0.310 e. The summed E-state index contributed by atoms with van der Waals surface area (Å²) < 4.78 is 5.27. The molecule has 0 bridgehead atoms. The third-order valence-corrected chi connectivity index (χ3v) is 4.72. The number of carbonyl (C=O) groups excluding carboxylic acids is 1. The van der Waals surface area contributed by atoms with Crippen LogP contribution in [0.15, 0.2) is 30.3 Å². The fourth-order valence-corrected chi connectivity index (χ4v) is 3.96. The van der Waals surface area contributed by atoms with Crippen LogP contribution in [0.3, 0.4) is 0 Å². The molecule has 0 amide bonds. The summed E-state index contributed by atoms with van der Waals surface area (Å²) in [7, 11) is 0.